The number of amides is 1. The molecule has 0 aromatic rings. The van der Waals surface area contributed by atoms with Gasteiger partial charge in [-0.15, -0.1) is 0 Å². The van der Waals surface area contributed by atoms with Crippen LogP contribution in [0.1, 0.15) is 26.2 Å². The summed E-state index contributed by atoms with van der Waals surface area (Å²) in [5.41, 5.74) is -0.522. The van der Waals surface area contributed by atoms with Crippen LogP contribution < -0.4 is 0 Å². The van der Waals surface area contributed by atoms with E-state index < -0.39 is 5.60 Å². The fourth-order valence-corrected chi connectivity index (χ4v) is 1.91. The average Bonchev–Trinajstić information content (AvgIpc) is 2.45. The predicted molar refractivity (Wildman–Crippen MR) is 59.6 cm³/mol. The van der Waals surface area contributed by atoms with Gasteiger partial charge in [-0.2, -0.15) is 0 Å². The Morgan fingerprint density at radius 1 is 1.53 bits per heavy atom. The van der Waals surface area contributed by atoms with Crippen molar-refractivity contribution in [1.82, 2.24) is 9.80 Å². The van der Waals surface area contributed by atoms with Gasteiger partial charge in [0.15, 0.2) is 0 Å². The highest BCUT2D eigenvalue weighted by Crippen LogP contribution is 2.20. The van der Waals surface area contributed by atoms with E-state index in [1.54, 1.807) is 19.0 Å². The topological polar surface area (TPSA) is 43.8 Å². The molecule has 1 atom stereocenters. The molecule has 1 saturated heterocycles. The van der Waals surface area contributed by atoms with Crippen LogP contribution in [-0.4, -0.2) is 60.1 Å². The molecule has 0 aromatic carbocycles. The first-order valence-electron chi connectivity index (χ1n) is 5.56. The molecule has 0 spiro atoms. The fraction of sp³-hybridized carbons (Fsp3) is 0.909. The molecule has 1 heterocycles. The summed E-state index contributed by atoms with van der Waals surface area (Å²) in [6.07, 6.45) is 2.33. The fourth-order valence-electron chi connectivity index (χ4n) is 1.91. The molecule has 4 nitrogen and oxygen atoms in total. The second-order valence-electron chi connectivity index (χ2n) is 4.91. The maximum atomic E-state index is 11.3. The van der Waals surface area contributed by atoms with Crippen molar-refractivity contribution in [3.63, 3.8) is 0 Å². The average molecular weight is 214 g/mol. The molecule has 88 valence electrons. The van der Waals surface area contributed by atoms with Crippen molar-refractivity contribution in [2.45, 2.75) is 31.8 Å². The Labute approximate surface area is 91.9 Å². The Kier molecular flexibility index (Phi) is 4.11. The maximum absolute atomic E-state index is 11.3. The van der Waals surface area contributed by atoms with E-state index in [4.69, 9.17) is 0 Å². The number of hydrogen-bond acceptors (Lipinski definition) is 3. The highest BCUT2D eigenvalue weighted by molar-refractivity contribution is 5.75. The number of β-amino-alcohol motifs (C(OH)–C–C–N with tert-alkyl or cyclic N) is 1. The molecular formula is C11H22N2O2. The lowest BCUT2D eigenvalue weighted by Gasteiger charge is -2.18. The molecule has 1 unspecified atom stereocenters. The molecular weight excluding hydrogens is 192 g/mol. The first kappa shape index (κ1) is 12.5. The van der Waals surface area contributed by atoms with Crippen molar-refractivity contribution in [2.75, 3.05) is 33.7 Å². The van der Waals surface area contributed by atoms with Crippen molar-refractivity contribution in [3.05, 3.63) is 0 Å². The minimum absolute atomic E-state index is 0.181. The van der Waals surface area contributed by atoms with Gasteiger partial charge >= 0.3 is 0 Å². The smallest absolute Gasteiger partial charge is 0.222 e. The monoisotopic (exact) mass is 214 g/mol. The molecule has 0 aliphatic carbocycles. The molecule has 4 heteroatoms. The van der Waals surface area contributed by atoms with Gasteiger partial charge in [0, 0.05) is 33.6 Å². The maximum Gasteiger partial charge on any atom is 0.222 e. The number of carbonyl (C=O) groups is 1. The van der Waals surface area contributed by atoms with Crippen LogP contribution >= 0.6 is 0 Å². The summed E-state index contributed by atoms with van der Waals surface area (Å²) >= 11 is 0. The van der Waals surface area contributed by atoms with Gasteiger partial charge in [-0.3, -0.25) is 4.79 Å². The zero-order valence-electron chi connectivity index (χ0n) is 9.99. The molecule has 1 fully saturated rings. The van der Waals surface area contributed by atoms with Gasteiger partial charge in [-0.1, -0.05) is 0 Å². The molecule has 1 N–H and O–H groups in total. The molecule has 0 bridgehead atoms. The van der Waals surface area contributed by atoms with Crippen molar-refractivity contribution < 1.29 is 9.90 Å². The van der Waals surface area contributed by atoms with Gasteiger partial charge in [0.1, 0.15) is 0 Å². The number of nitrogens with zero attached hydrogens (tertiary/aromatic N) is 2. The Balaban J connectivity index is 2.14. The van der Waals surface area contributed by atoms with Crippen LogP contribution in [-0.2, 0) is 4.79 Å². The molecule has 1 rings (SSSR count). The second kappa shape index (κ2) is 4.94. The van der Waals surface area contributed by atoms with E-state index in [9.17, 15) is 9.90 Å². The summed E-state index contributed by atoms with van der Waals surface area (Å²) in [5.74, 6) is 0.181. The minimum atomic E-state index is -0.522. The molecule has 0 radical (unpaired) electrons. The quantitative estimate of drug-likeness (QED) is 0.732. The zero-order chi connectivity index (χ0) is 11.5. The lowest BCUT2D eigenvalue weighted by Crippen LogP contribution is -2.31. The predicted octanol–water partition coefficient (Wildman–Crippen LogP) is 0.311. The molecule has 0 aromatic heterocycles. The van der Waals surface area contributed by atoms with Crippen LogP contribution in [0.2, 0.25) is 0 Å². The lowest BCUT2D eigenvalue weighted by atomic mass is 10.1. The van der Waals surface area contributed by atoms with E-state index in [1.165, 1.54) is 0 Å². The van der Waals surface area contributed by atoms with E-state index in [2.05, 4.69) is 4.90 Å². The largest absolute Gasteiger partial charge is 0.389 e. The van der Waals surface area contributed by atoms with E-state index in [0.717, 1.165) is 32.5 Å². The lowest BCUT2D eigenvalue weighted by molar-refractivity contribution is -0.128. The molecule has 1 aliphatic heterocycles. The van der Waals surface area contributed by atoms with Gasteiger partial charge in [0.25, 0.3) is 0 Å². The van der Waals surface area contributed by atoms with Crippen molar-refractivity contribution in [3.8, 4) is 0 Å². The van der Waals surface area contributed by atoms with Crippen molar-refractivity contribution in [1.29, 1.82) is 0 Å². The van der Waals surface area contributed by atoms with E-state index in [-0.39, 0.29) is 5.91 Å². The highest BCUT2D eigenvalue weighted by Gasteiger charge is 2.30. The number of hydrogen-bond donors (Lipinski definition) is 1. The second-order valence-corrected chi connectivity index (χ2v) is 4.91. The number of aliphatic hydroxyl groups is 1. The Morgan fingerprint density at radius 3 is 2.67 bits per heavy atom. The first-order chi connectivity index (χ1) is 6.91. The molecule has 15 heavy (non-hydrogen) atoms. The molecule has 0 saturated carbocycles. The van der Waals surface area contributed by atoms with Crippen LogP contribution in [0.4, 0.5) is 0 Å². The Bertz CT molecular complexity index is 227. The summed E-state index contributed by atoms with van der Waals surface area (Å²) in [6, 6.07) is 0. The summed E-state index contributed by atoms with van der Waals surface area (Å²) in [5, 5.41) is 9.74. The van der Waals surface area contributed by atoms with Gasteiger partial charge in [-0.05, 0) is 26.3 Å². The molecule has 1 amide bonds. The summed E-state index contributed by atoms with van der Waals surface area (Å²) in [4.78, 5) is 15.2. The van der Waals surface area contributed by atoms with E-state index >= 15 is 0 Å². The summed E-state index contributed by atoms with van der Waals surface area (Å²) in [7, 11) is 3.56. The Hall–Kier alpha value is -0.610. The SMILES string of the molecule is CN(C)C(=O)CCCN1CCC(C)(O)C1. The minimum Gasteiger partial charge on any atom is -0.389 e. The zero-order valence-corrected chi connectivity index (χ0v) is 9.99. The van der Waals surface area contributed by atoms with Gasteiger partial charge in [-0.25, -0.2) is 0 Å². The van der Waals surface area contributed by atoms with Crippen LogP contribution in [0.25, 0.3) is 0 Å². The van der Waals surface area contributed by atoms with Gasteiger partial charge in [0.2, 0.25) is 5.91 Å². The van der Waals surface area contributed by atoms with Gasteiger partial charge < -0.3 is 14.9 Å². The number of carbonyl (C=O) groups excluding carboxylic acids is 1. The van der Waals surface area contributed by atoms with Gasteiger partial charge in [0.05, 0.1) is 5.60 Å². The summed E-state index contributed by atoms with van der Waals surface area (Å²) in [6.45, 7) is 4.47. The van der Waals surface area contributed by atoms with Crippen molar-refractivity contribution >= 4 is 5.91 Å². The molecule has 1 aliphatic rings. The van der Waals surface area contributed by atoms with E-state index in [0.29, 0.717) is 6.42 Å². The van der Waals surface area contributed by atoms with Crippen molar-refractivity contribution in [2.24, 2.45) is 0 Å². The third-order valence-corrected chi connectivity index (χ3v) is 2.89. The first-order valence-corrected chi connectivity index (χ1v) is 5.56. The normalized spacial score (nSPS) is 26.9. The Morgan fingerprint density at radius 2 is 2.20 bits per heavy atom. The van der Waals surface area contributed by atoms with Crippen LogP contribution in [0.3, 0.4) is 0 Å². The number of likely N-dealkylation sites (tertiary alicyclic amines) is 1. The van der Waals surface area contributed by atoms with Crippen LogP contribution in [0.15, 0.2) is 0 Å². The standard InChI is InChI=1S/C11H22N2O2/c1-11(15)6-8-13(9-11)7-4-5-10(14)12(2)3/h15H,4-9H2,1-3H3. The van der Waals surface area contributed by atoms with Crippen LogP contribution in [0, 0.1) is 0 Å². The van der Waals surface area contributed by atoms with E-state index in [1.807, 2.05) is 6.92 Å². The highest BCUT2D eigenvalue weighted by atomic mass is 16.3. The third kappa shape index (κ3) is 4.18. The summed E-state index contributed by atoms with van der Waals surface area (Å²) < 4.78 is 0. The van der Waals surface area contributed by atoms with Crippen LogP contribution in [0.5, 0.6) is 0 Å². The third-order valence-electron chi connectivity index (χ3n) is 2.89. The number of rotatable bonds is 4.